The summed E-state index contributed by atoms with van der Waals surface area (Å²) < 4.78 is 7.87. The smallest absolute Gasteiger partial charge is 0.326 e. The molecule has 1 aromatic heterocycles. The van der Waals surface area contributed by atoms with Crippen LogP contribution in [0, 0.1) is 6.92 Å². The van der Waals surface area contributed by atoms with Crippen LogP contribution >= 0.6 is 11.3 Å². The number of benzene rings is 2. The fraction of sp³-hybridized carbons (Fsp3) is 0.318. The van der Waals surface area contributed by atoms with Crippen molar-refractivity contribution >= 4 is 33.4 Å². The van der Waals surface area contributed by atoms with E-state index in [4.69, 9.17) is 4.74 Å². The Labute approximate surface area is 168 Å². The predicted octanol–water partition coefficient (Wildman–Crippen LogP) is 3.81. The molecule has 1 heterocycles. The van der Waals surface area contributed by atoms with Crippen molar-refractivity contribution in [1.29, 1.82) is 0 Å². The maximum Gasteiger partial charge on any atom is 0.326 e. The number of carbonyl (C=O) groups is 2. The molecule has 2 aromatic carbocycles. The minimum atomic E-state index is -0.339. The van der Waals surface area contributed by atoms with Gasteiger partial charge in [0.05, 0.1) is 23.2 Å². The summed E-state index contributed by atoms with van der Waals surface area (Å²) in [6, 6.07) is 13.9. The predicted molar refractivity (Wildman–Crippen MR) is 111 cm³/mol. The largest absolute Gasteiger partial charge is 0.465 e. The first-order chi connectivity index (χ1) is 13.5. The highest BCUT2D eigenvalue weighted by molar-refractivity contribution is 7.16. The number of nitrogens with zero attached hydrogens (tertiary/aromatic N) is 2. The number of hydrogen-bond acceptors (Lipinski definition) is 4. The van der Waals surface area contributed by atoms with Crippen molar-refractivity contribution in [3.63, 3.8) is 0 Å². The van der Waals surface area contributed by atoms with E-state index in [1.165, 1.54) is 16.9 Å². The zero-order valence-corrected chi connectivity index (χ0v) is 17.2. The van der Waals surface area contributed by atoms with Crippen LogP contribution in [-0.4, -0.2) is 23.1 Å². The monoisotopic (exact) mass is 396 g/mol. The summed E-state index contributed by atoms with van der Waals surface area (Å²) >= 11 is 1.42. The molecule has 0 aliphatic rings. The molecule has 0 spiro atoms. The lowest BCUT2D eigenvalue weighted by Crippen LogP contribution is -2.23. The van der Waals surface area contributed by atoms with Crippen LogP contribution in [0.4, 0.5) is 0 Å². The van der Waals surface area contributed by atoms with Gasteiger partial charge >= 0.3 is 5.97 Å². The van der Waals surface area contributed by atoms with E-state index in [0.717, 1.165) is 27.8 Å². The molecule has 0 N–H and O–H groups in total. The van der Waals surface area contributed by atoms with Gasteiger partial charge in [0.15, 0.2) is 4.80 Å². The number of aromatic nitrogens is 1. The van der Waals surface area contributed by atoms with Crippen LogP contribution in [0.25, 0.3) is 10.2 Å². The van der Waals surface area contributed by atoms with E-state index in [-0.39, 0.29) is 24.8 Å². The molecule has 28 heavy (non-hydrogen) atoms. The van der Waals surface area contributed by atoms with E-state index in [2.05, 4.69) is 18.0 Å². The van der Waals surface area contributed by atoms with Crippen LogP contribution in [0.2, 0.25) is 0 Å². The number of fused-ring (bicyclic) bond motifs is 1. The van der Waals surface area contributed by atoms with Crippen molar-refractivity contribution in [2.75, 3.05) is 6.61 Å². The third-order valence-electron chi connectivity index (χ3n) is 4.44. The molecule has 146 valence electrons. The van der Waals surface area contributed by atoms with Crippen molar-refractivity contribution < 1.29 is 14.3 Å². The van der Waals surface area contributed by atoms with Gasteiger partial charge in [0.25, 0.3) is 5.91 Å². The van der Waals surface area contributed by atoms with Crippen LogP contribution in [0.5, 0.6) is 0 Å². The van der Waals surface area contributed by atoms with Gasteiger partial charge in [-0.05, 0) is 43.5 Å². The zero-order chi connectivity index (χ0) is 20.1. The first-order valence-electron chi connectivity index (χ1n) is 9.41. The minimum absolute atomic E-state index is 0.0377. The summed E-state index contributed by atoms with van der Waals surface area (Å²) in [5.74, 6) is -0.571. The van der Waals surface area contributed by atoms with Gasteiger partial charge in [0.1, 0.15) is 6.54 Å². The lowest BCUT2D eigenvalue weighted by molar-refractivity contribution is -0.143. The topological polar surface area (TPSA) is 60.7 Å². The van der Waals surface area contributed by atoms with Gasteiger partial charge in [-0.1, -0.05) is 54.2 Å². The summed E-state index contributed by atoms with van der Waals surface area (Å²) in [6.07, 6.45) is 1.15. The Balaban J connectivity index is 1.99. The quantitative estimate of drug-likeness (QED) is 0.595. The number of hydrogen-bond donors (Lipinski definition) is 0. The first kappa shape index (κ1) is 20.0. The molecular formula is C22H24N2O3S. The average molecular weight is 397 g/mol. The Bertz CT molecular complexity index is 1060. The number of rotatable bonds is 6. The number of ether oxygens (including phenoxy) is 1. The Morgan fingerprint density at radius 3 is 2.46 bits per heavy atom. The number of carbonyl (C=O) groups excluding carboxylic acids is 2. The van der Waals surface area contributed by atoms with Gasteiger partial charge in [-0.3, -0.25) is 9.59 Å². The molecule has 0 bridgehead atoms. The van der Waals surface area contributed by atoms with Gasteiger partial charge in [0.2, 0.25) is 0 Å². The molecule has 0 unspecified atom stereocenters. The van der Waals surface area contributed by atoms with E-state index < -0.39 is 0 Å². The second-order valence-corrected chi connectivity index (χ2v) is 7.61. The molecule has 6 heteroatoms. The van der Waals surface area contributed by atoms with Gasteiger partial charge in [0, 0.05) is 0 Å². The summed E-state index contributed by atoms with van der Waals surface area (Å²) in [5, 5.41) is 0. The third-order valence-corrected chi connectivity index (χ3v) is 5.49. The highest BCUT2D eigenvalue weighted by Crippen LogP contribution is 2.20. The lowest BCUT2D eigenvalue weighted by Gasteiger charge is -2.05. The van der Waals surface area contributed by atoms with Crippen molar-refractivity contribution in [2.45, 2.75) is 40.2 Å². The molecule has 0 radical (unpaired) electrons. The van der Waals surface area contributed by atoms with Crippen LogP contribution in [-0.2, 0) is 33.7 Å². The maximum atomic E-state index is 12.5. The summed E-state index contributed by atoms with van der Waals surface area (Å²) in [7, 11) is 0. The average Bonchev–Trinajstić information content (AvgIpc) is 2.99. The molecule has 3 rings (SSSR count). The molecule has 0 saturated heterocycles. The van der Waals surface area contributed by atoms with Gasteiger partial charge < -0.3 is 9.30 Å². The molecule has 0 aliphatic carbocycles. The van der Waals surface area contributed by atoms with Gasteiger partial charge in [-0.15, -0.1) is 0 Å². The number of amides is 1. The molecule has 5 nitrogen and oxygen atoms in total. The fourth-order valence-electron chi connectivity index (χ4n) is 2.94. The van der Waals surface area contributed by atoms with Crippen molar-refractivity contribution in [3.05, 3.63) is 64.0 Å². The van der Waals surface area contributed by atoms with E-state index >= 15 is 0 Å². The normalized spacial score (nSPS) is 11.8. The van der Waals surface area contributed by atoms with Crippen molar-refractivity contribution in [3.8, 4) is 0 Å². The van der Waals surface area contributed by atoms with Gasteiger partial charge in [-0.25, -0.2) is 0 Å². The zero-order valence-electron chi connectivity index (χ0n) is 16.4. The number of thiazole rings is 1. The highest BCUT2D eigenvalue weighted by atomic mass is 32.1. The molecule has 3 aromatic rings. The number of aryl methyl sites for hydroxylation is 2. The second kappa shape index (κ2) is 8.97. The fourth-order valence-corrected chi connectivity index (χ4v) is 4.05. The SMILES string of the molecule is CCOC(=O)Cn1c(=NC(=O)Cc2ccc(C)cc2)sc2cc(CC)ccc21. The minimum Gasteiger partial charge on any atom is -0.465 e. The van der Waals surface area contributed by atoms with E-state index in [0.29, 0.717) is 11.4 Å². The summed E-state index contributed by atoms with van der Waals surface area (Å²) in [6.45, 7) is 6.24. The van der Waals surface area contributed by atoms with Crippen molar-refractivity contribution in [2.24, 2.45) is 4.99 Å². The molecular weight excluding hydrogens is 372 g/mol. The van der Waals surface area contributed by atoms with Crippen LogP contribution in [0.15, 0.2) is 47.5 Å². The Kier molecular flexibility index (Phi) is 6.41. The lowest BCUT2D eigenvalue weighted by atomic mass is 10.1. The molecule has 0 fully saturated rings. The second-order valence-electron chi connectivity index (χ2n) is 6.60. The maximum absolute atomic E-state index is 12.5. The Morgan fingerprint density at radius 2 is 1.79 bits per heavy atom. The summed E-state index contributed by atoms with van der Waals surface area (Å²) in [4.78, 5) is 29.5. The van der Waals surface area contributed by atoms with Crippen LogP contribution < -0.4 is 4.80 Å². The standard InChI is InChI=1S/C22H24N2O3S/c1-4-16-10-11-18-19(12-16)28-22(24(18)14-21(26)27-5-2)23-20(25)13-17-8-6-15(3)7-9-17/h6-12H,4-5,13-14H2,1-3H3. The summed E-state index contributed by atoms with van der Waals surface area (Å²) in [5.41, 5.74) is 4.16. The third kappa shape index (κ3) is 4.75. The molecule has 0 atom stereocenters. The molecule has 0 aliphatic heterocycles. The van der Waals surface area contributed by atoms with Crippen LogP contribution in [0.1, 0.15) is 30.5 Å². The number of esters is 1. The van der Waals surface area contributed by atoms with E-state index in [1.54, 1.807) is 11.5 Å². The van der Waals surface area contributed by atoms with Crippen LogP contribution in [0.3, 0.4) is 0 Å². The van der Waals surface area contributed by atoms with Crippen molar-refractivity contribution in [1.82, 2.24) is 4.57 Å². The van der Waals surface area contributed by atoms with E-state index in [1.807, 2.05) is 43.3 Å². The van der Waals surface area contributed by atoms with Gasteiger partial charge in [-0.2, -0.15) is 4.99 Å². The first-order valence-corrected chi connectivity index (χ1v) is 10.2. The Hall–Kier alpha value is -2.73. The molecule has 1 amide bonds. The molecule has 0 saturated carbocycles. The van der Waals surface area contributed by atoms with E-state index in [9.17, 15) is 9.59 Å². The highest BCUT2D eigenvalue weighted by Gasteiger charge is 2.13. The Morgan fingerprint density at radius 1 is 1.07 bits per heavy atom.